The van der Waals surface area contributed by atoms with E-state index >= 15 is 0 Å². The van der Waals surface area contributed by atoms with Crippen LogP contribution < -0.4 is 0 Å². The Morgan fingerprint density at radius 1 is 1.44 bits per heavy atom. The second-order valence-electron chi connectivity index (χ2n) is 4.33. The zero-order valence-electron chi connectivity index (χ0n) is 9.90. The van der Waals surface area contributed by atoms with E-state index in [-0.39, 0.29) is 0 Å². The molecule has 3 nitrogen and oxygen atoms in total. The molecule has 0 atom stereocenters. The lowest BCUT2D eigenvalue weighted by atomic mass is 9.94. The highest BCUT2D eigenvalue weighted by molar-refractivity contribution is 7.99. The number of nitrogens with zero attached hydrogens (tertiary/aromatic N) is 2. The summed E-state index contributed by atoms with van der Waals surface area (Å²) in [6, 6.07) is 0.574. The second kappa shape index (κ2) is 5.36. The van der Waals surface area contributed by atoms with Crippen LogP contribution >= 0.6 is 24.0 Å². The number of aryl methyl sites for hydroxylation is 1. The molecule has 0 bridgehead atoms. The van der Waals surface area contributed by atoms with E-state index in [9.17, 15) is 0 Å². The maximum absolute atomic E-state index is 5.32. The normalized spacial score (nSPS) is 25.9. The van der Waals surface area contributed by atoms with Crippen molar-refractivity contribution in [3.63, 3.8) is 0 Å². The third-order valence-electron chi connectivity index (χ3n) is 3.44. The van der Waals surface area contributed by atoms with E-state index in [1.807, 2.05) is 11.8 Å². The lowest BCUT2D eigenvalue weighted by Gasteiger charge is -2.28. The molecule has 1 fully saturated rings. The Kier molecular flexibility index (Phi) is 4.08. The van der Waals surface area contributed by atoms with Crippen LogP contribution in [0.3, 0.4) is 0 Å². The number of hydrogen-bond acceptors (Lipinski definition) is 3. The Labute approximate surface area is 106 Å². The molecule has 1 aliphatic carbocycles. The van der Waals surface area contributed by atoms with Crippen LogP contribution in [-0.2, 0) is 6.42 Å². The summed E-state index contributed by atoms with van der Waals surface area (Å²) in [5.74, 6) is 1.11. The van der Waals surface area contributed by atoms with Crippen molar-refractivity contribution in [2.24, 2.45) is 0 Å². The number of H-pyrrole nitrogens is 1. The maximum atomic E-state index is 5.32. The van der Waals surface area contributed by atoms with Gasteiger partial charge in [-0.3, -0.25) is 5.10 Å². The molecule has 2 rings (SSSR count). The number of nitrogens with one attached hydrogen (secondary N) is 1. The van der Waals surface area contributed by atoms with Crippen molar-refractivity contribution in [3.05, 3.63) is 10.6 Å². The minimum Gasteiger partial charge on any atom is -0.301 e. The first-order valence-corrected chi connectivity index (χ1v) is 7.64. The van der Waals surface area contributed by atoms with Gasteiger partial charge in [-0.25, -0.2) is 0 Å². The zero-order chi connectivity index (χ0) is 11.5. The summed E-state index contributed by atoms with van der Waals surface area (Å²) in [6.07, 6.45) is 8.27. The van der Waals surface area contributed by atoms with Crippen LogP contribution in [-0.4, -0.2) is 26.3 Å². The van der Waals surface area contributed by atoms with Crippen molar-refractivity contribution in [1.29, 1.82) is 0 Å². The van der Waals surface area contributed by atoms with Gasteiger partial charge in [0.15, 0.2) is 4.77 Å². The van der Waals surface area contributed by atoms with Crippen molar-refractivity contribution >= 4 is 24.0 Å². The van der Waals surface area contributed by atoms with Gasteiger partial charge in [0.25, 0.3) is 0 Å². The Hall–Kier alpha value is -0.290. The Morgan fingerprint density at radius 2 is 2.12 bits per heavy atom. The highest BCUT2D eigenvalue weighted by atomic mass is 32.2. The fourth-order valence-electron chi connectivity index (χ4n) is 2.50. The first-order valence-electron chi connectivity index (χ1n) is 5.94. The monoisotopic (exact) mass is 257 g/mol. The lowest BCUT2D eigenvalue weighted by Crippen LogP contribution is -2.21. The van der Waals surface area contributed by atoms with Gasteiger partial charge in [0, 0.05) is 17.7 Å². The average molecular weight is 257 g/mol. The van der Waals surface area contributed by atoms with Gasteiger partial charge in [0.05, 0.1) is 0 Å². The first-order chi connectivity index (χ1) is 7.76. The molecule has 1 aliphatic rings. The summed E-state index contributed by atoms with van der Waals surface area (Å²) in [6.45, 7) is 2.13. The van der Waals surface area contributed by atoms with E-state index in [2.05, 4.69) is 27.9 Å². The van der Waals surface area contributed by atoms with Gasteiger partial charge in [-0.05, 0) is 44.2 Å². The van der Waals surface area contributed by atoms with E-state index in [0.29, 0.717) is 6.04 Å². The molecular weight excluding hydrogens is 238 g/mol. The van der Waals surface area contributed by atoms with Crippen molar-refractivity contribution in [2.75, 3.05) is 6.26 Å². The zero-order valence-corrected chi connectivity index (χ0v) is 11.5. The molecule has 16 heavy (non-hydrogen) atoms. The number of rotatable bonds is 3. The van der Waals surface area contributed by atoms with Crippen LogP contribution in [0, 0.1) is 4.77 Å². The third kappa shape index (κ3) is 2.35. The molecular formula is C11H19N3S2. The molecule has 1 N–H and O–H groups in total. The molecule has 0 spiro atoms. The molecule has 1 saturated carbocycles. The number of thioether (sulfide) groups is 1. The van der Waals surface area contributed by atoms with Gasteiger partial charge >= 0.3 is 0 Å². The fourth-order valence-corrected chi connectivity index (χ4v) is 3.55. The third-order valence-corrected chi connectivity index (χ3v) is 4.86. The van der Waals surface area contributed by atoms with Crippen LogP contribution in [0.15, 0.2) is 0 Å². The minimum absolute atomic E-state index is 0.574. The highest BCUT2D eigenvalue weighted by Crippen LogP contribution is 2.34. The predicted molar refractivity (Wildman–Crippen MR) is 71.6 cm³/mol. The van der Waals surface area contributed by atoms with E-state index in [0.717, 1.165) is 22.3 Å². The maximum Gasteiger partial charge on any atom is 0.195 e. The summed E-state index contributed by atoms with van der Waals surface area (Å²) in [4.78, 5) is 0. The van der Waals surface area contributed by atoms with Gasteiger partial charge in [0.2, 0.25) is 0 Å². The molecule has 0 aromatic carbocycles. The van der Waals surface area contributed by atoms with Crippen LogP contribution in [0.25, 0.3) is 0 Å². The summed E-state index contributed by atoms with van der Waals surface area (Å²) in [7, 11) is 0. The molecule has 0 aliphatic heterocycles. The summed E-state index contributed by atoms with van der Waals surface area (Å²) < 4.78 is 3.04. The topological polar surface area (TPSA) is 33.6 Å². The Morgan fingerprint density at radius 3 is 2.69 bits per heavy atom. The smallest absolute Gasteiger partial charge is 0.195 e. The molecule has 0 saturated heterocycles. The van der Waals surface area contributed by atoms with E-state index in [1.54, 1.807) is 0 Å². The first kappa shape index (κ1) is 12.2. The molecule has 1 aromatic rings. The number of aromatic nitrogens is 3. The molecule has 90 valence electrons. The van der Waals surface area contributed by atoms with E-state index < -0.39 is 0 Å². The van der Waals surface area contributed by atoms with Crippen molar-refractivity contribution in [3.8, 4) is 0 Å². The summed E-state index contributed by atoms with van der Waals surface area (Å²) >= 11 is 7.32. The molecule has 1 heterocycles. The molecule has 1 aromatic heterocycles. The van der Waals surface area contributed by atoms with Gasteiger partial charge in [0.1, 0.15) is 5.82 Å². The standard InChI is InChI=1S/C11H19N3S2/c1-3-10-12-13-11(15)14(10)8-4-6-9(16-2)7-5-8/h8-9H,3-7H2,1-2H3,(H,13,15). The fraction of sp³-hybridized carbons (Fsp3) is 0.818. The summed E-state index contributed by atoms with van der Waals surface area (Å²) in [5, 5.41) is 8.06. The largest absolute Gasteiger partial charge is 0.301 e. The predicted octanol–water partition coefficient (Wildman–Crippen LogP) is 3.35. The van der Waals surface area contributed by atoms with Gasteiger partial charge in [-0.1, -0.05) is 6.92 Å². The number of hydrogen-bond donors (Lipinski definition) is 1. The van der Waals surface area contributed by atoms with Gasteiger partial charge in [-0.15, -0.1) is 0 Å². The van der Waals surface area contributed by atoms with Crippen LogP contribution in [0.4, 0.5) is 0 Å². The summed E-state index contributed by atoms with van der Waals surface area (Å²) in [5.41, 5.74) is 0. The van der Waals surface area contributed by atoms with Crippen molar-refractivity contribution in [1.82, 2.24) is 14.8 Å². The van der Waals surface area contributed by atoms with Gasteiger partial charge in [-0.2, -0.15) is 16.9 Å². The molecule has 0 amide bonds. The van der Waals surface area contributed by atoms with Gasteiger partial charge < -0.3 is 4.57 Å². The van der Waals surface area contributed by atoms with Crippen LogP contribution in [0.2, 0.25) is 0 Å². The quantitative estimate of drug-likeness (QED) is 0.843. The number of aromatic amines is 1. The Bertz CT molecular complexity index is 388. The molecule has 0 radical (unpaired) electrons. The minimum atomic E-state index is 0.574. The Balaban J connectivity index is 2.13. The molecule has 5 heteroatoms. The van der Waals surface area contributed by atoms with E-state index in [1.165, 1.54) is 25.7 Å². The van der Waals surface area contributed by atoms with Crippen LogP contribution in [0.5, 0.6) is 0 Å². The van der Waals surface area contributed by atoms with Crippen molar-refractivity contribution < 1.29 is 0 Å². The van der Waals surface area contributed by atoms with Crippen LogP contribution in [0.1, 0.15) is 44.5 Å². The lowest BCUT2D eigenvalue weighted by molar-refractivity contribution is 0.349. The second-order valence-corrected chi connectivity index (χ2v) is 5.86. The average Bonchev–Trinajstić information content (AvgIpc) is 2.70. The SMILES string of the molecule is CCc1n[nH]c(=S)n1C1CCC(SC)CC1. The highest BCUT2D eigenvalue weighted by Gasteiger charge is 2.23. The van der Waals surface area contributed by atoms with E-state index in [4.69, 9.17) is 12.2 Å². The van der Waals surface area contributed by atoms with Crippen molar-refractivity contribution in [2.45, 2.75) is 50.3 Å². The molecule has 0 unspecified atom stereocenters.